The minimum atomic E-state index is -0.913. The maximum atomic E-state index is 11.7. The highest BCUT2D eigenvalue weighted by molar-refractivity contribution is 6.44. The number of amides is 2. The molecule has 6 nitrogen and oxygen atoms in total. The number of hydrogen-bond acceptors (Lipinski definition) is 4. The molecular weight excluding hydrogens is 294 g/mol. The summed E-state index contributed by atoms with van der Waals surface area (Å²) in [5.74, 6) is -1.93. The van der Waals surface area contributed by atoms with E-state index in [0.29, 0.717) is 11.4 Å². The van der Waals surface area contributed by atoms with Crippen LogP contribution in [0.1, 0.15) is 0 Å². The Kier molecular flexibility index (Phi) is 4.30. The van der Waals surface area contributed by atoms with Gasteiger partial charge in [0.1, 0.15) is 5.75 Å². The average Bonchev–Trinajstić information content (AvgIpc) is 2.45. The lowest BCUT2D eigenvalue weighted by atomic mass is 10.2. The first-order valence-electron chi connectivity index (χ1n) is 5.92. The van der Waals surface area contributed by atoms with Crippen LogP contribution in [0.4, 0.5) is 17.1 Å². The second-order valence-electron chi connectivity index (χ2n) is 4.16. The molecule has 21 heavy (non-hydrogen) atoms. The number of nitrogens with two attached hydrogens (primary N) is 1. The number of halogens is 1. The third-order valence-electron chi connectivity index (χ3n) is 2.62. The Morgan fingerprint density at radius 2 is 1.71 bits per heavy atom. The van der Waals surface area contributed by atoms with Gasteiger partial charge in [-0.05, 0) is 30.3 Å². The van der Waals surface area contributed by atoms with E-state index in [4.69, 9.17) is 17.3 Å². The second-order valence-corrected chi connectivity index (χ2v) is 4.57. The van der Waals surface area contributed by atoms with Crippen LogP contribution in [-0.4, -0.2) is 16.9 Å². The van der Waals surface area contributed by atoms with Crippen molar-refractivity contribution >= 4 is 40.5 Å². The molecule has 0 saturated heterocycles. The Hall–Kier alpha value is -2.73. The van der Waals surface area contributed by atoms with Crippen LogP contribution < -0.4 is 16.4 Å². The predicted octanol–water partition coefficient (Wildman–Crippen LogP) is 2.21. The van der Waals surface area contributed by atoms with Crippen LogP contribution in [0.2, 0.25) is 5.02 Å². The van der Waals surface area contributed by atoms with E-state index >= 15 is 0 Å². The highest BCUT2D eigenvalue weighted by Crippen LogP contribution is 2.23. The van der Waals surface area contributed by atoms with E-state index in [-0.39, 0.29) is 16.5 Å². The van der Waals surface area contributed by atoms with E-state index in [9.17, 15) is 14.7 Å². The summed E-state index contributed by atoms with van der Waals surface area (Å²) < 4.78 is 0. The lowest BCUT2D eigenvalue weighted by Gasteiger charge is -2.08. The molecule has 0 saturated carbocycles. The molecule has 0 aliphatic carbocycles. The summed E-state index contributed by atoms with van der Waals surface area (Å²) in [6, 6.07) is 10.6. The summed E-state index contributed by atoms with van der Waals surface area (Å²) in [5, 5.41) is 14.5. The fourth-order valence-electron chi connectivity index (χ4n) is 1.55. The van der Waals surface area contributed by atoms with Gasteiger partial charge < -0.3 is 21.5 Å². The van der Waals surface area contributed by atoms with Crippen LogP contribution in [-0.2, 0) is 9.59 Å². The SMILES string of the molecule is Nc1ccc(NC(=O)C(=O)Nc2ccccc2O)cc1Cl. The summed E-state index contributed by atoms with van der Waals surface area (Å²) in [6.45, 7) is 0. The van der Waals surface area contributed by atoms with E-state index in [1.807, 2.05) is 0 Å². The van der Waals surface area contributed by atoms with Crippen LogP contribution in [0.5, 0.6) is 5.75 Å². The quantitative estimate of drug-likeness (QED) is 0.388. The van der Waals surface area contributed by atoms with Crippen molar-refractivity contribution in [3.63, 3.8) is 0 Å². The van der Waals surface area contributed by atoms with Gasteiger partial charge in [0.15, 0.2) is 0 Å². The van der Waals surface area contributed by atoms with Gasteiger partial charge in [-0.15, -0.1) is 0 Å². The van der Waals surface area contributed by atoms with Crippen LogP contribution in [0.25, 0.3) is 0 Å². The van der Waals surface area contributed by atoms with Gasteiger partial charge in [0.2, 0.25) is 0 Å². The van der Waals surface area contributed by atoms with Gasteiger partial charge >= 0.3 is 11.8 Å². The van der Waals surface area contributed by atoms with E-state index in [1.54, 1.807) is 12.1 Å². The number of phenols is 1. The number of nitrogens with one attached hydrogen (secondary N) is 2. The molecule has 108 valence electrons. The molecule has 0 aliphatic heterocycles. The van der Waals surface area contributed by atoms with Crippen molar-refractivity contribution in [3.05, 3.63) is 47.5 Å². The van der Waals surface area contributed by atoms with E-state index in [2.05, 4.69) is 10.6 Å². The summed E-state index contributed by atoms with van der Waals surface area (Å²) in [7, 11) is 0. The van der Waals surface area contributed by atoms with Gasteiger partial charge in [-0.3, -0.25) is 9.59 Å². The van der Waals surface area contributed by atoms with E-state index in [1.165, 1.54) is 30.3 Å². The molecular formula is C14H12ClN3O3. The van der Waals surface area contributed by atoms with E-state index < -0.39 is 11.8 Å². The molecule has 0 fully saturated rings. The second kappa shape index (κ2) is 6.15. The molecule has 2 aromatic carbocycles. The zero-order valence-electron chi connectivity index (χ0n) is 10.8. The highest BCUT2D eigenvalue weighted by atomic mass is 35.5. The molecule has 0 spiro atoms. The topological polar surface area (TPSA) is 104 Å². The largest absolute Gasteiger partial charge is 0.506 e. The minimum Gasteiger partial charge on any atom is -0.506 e. The molecule has 0 unspecified atom stereocenters. The molecule has 2 rings (SSSR count). The molecule has 0 aliphatic rings. The maximum Gasteiger partial charge on any atom is 0.314 e. The zero-order valence-corrected chi connectivity index (χ0v) is 11.5. The number of anilines is 3. The fraction of sp³-hybridized carbons (Fsp3) is 0. The number of para-hydroxylation sites is 2. The molecule has 0 aromatic heterocycles. The number of benzene rings is 2. The number of phenolic OH excluding ortho intramolecular Hbond substituents is 1. The van der Waals surface area contributed by atoms with Crippen LogP contribution in [0.15, 0.2) is 42.5 Å². The molecule has 0 atom stereocenters. The first-order chi connectivity index (χ1) is 9.97. The first-order valence-corrected chi connectivity index (χ1v) is 6.30. The minimum absolute atomic E-state index is 0.130. The number of rotatable bonds is 2. The monoisotopic (exact) mass is 305 g/mol. The number of carbonyl (C=O) groups excluding carboxylic acids is 2. The predicted molar refractivity (Wildman–Crippen MR) is 81.2 cm³/mol. The molecule has 2 amide bonds. The zero-order chi connectivity index (χ0) is 15.4. The lowest BCUT2D eigenvalue weighted by Crippen LogP contribution is -2.29. The molecule has 0 heterocycles. The highest BCUT2D eigenvalue weighted by Gasteiger charge is 2.15. The summed E-state index contributed by atoms with van der Waals surface area (Å²) in [5.41, 5.74) is 6.40. The van der Waals surface area contributed by atoms with Gasteiger partial charge in [-0.25, -0.2) is 0 Å². The summed E-state index contributed by atoms with van der Waals surface area (Å²) in [4.78, 5) is 23.5. The van der Waals surface area contributed by atoms with Gasteiger partial charge in [0, 0.05) is 5.69 Å². The van der Waals surface area contributed by atoms with Gasteiger partial charge in [0.05, 0.1) is 16.4 Å². The number of nitrogen functional groups attached to an aromatic ring is 1. The molecule has 7 heteroatoms. The third kappa shape index (κ3) is 3.64. The van der Waals surface area contributed by atoms with Crippen molar-refractivity contribution in [2.45, 2.75) is 0 Å². The Balaban J connectivity index is 2.04. The van der Waals surface area contributed by atoms with Crippen molar-refractivity contribution in [1.29, 1.82) is 0 Å². The molecule has 5 N–H and O–H groups in total. The summed E-state index contributed by atoms with van der Waals surface area (Å²) >= 11 is 5.82. The van der Waals surface area contributed by atoms with E-state index in [0.717, 1.165) is 0 Å². The maximum absolute atomic E-state index is 11.7. The molecule has 2 aromatic rings. The van der Waals surface area contributed by atoms with Crippen molar-refractivity contribution in [2.75, 3.05) is 16.4 Å². The smallest absolute Gasteiger partial charge is 0.314 e. The number of carbonyl (C=O) groups is 2. The fourth-order valence-corrected chi connectivity index (χ4v) is 1.73. The van der Waals surface area contributed by atoms with Crippen LogP contribution >= 0.6 is 11.6 Å². The Labute approximate surface area is 125 Å². The van der Waals surface area contributed by atoms with Crippen molar-refractivity contribution in [3.8, 4) is 5.75 Å². The standard InChI is InChI=1S/C14H12ClN3O3/c15-9-7-8(5-6-10(9)16)17-13(20)14(21)18-11-3-1-2-4-12(11)19/h1-7,19H,16H2,(H,17,20)(H,18,21). The Morgan fingerprint density at radius 1 is 1.05 bits per heavy atom. The number of hydrogen-bond donors (Lipinski definition) is 4. The number of aromatic hydroxyl groups is 1. The van der Waals surface area contributed by atoms with Gasteiger partial charge in [-0.1, -0.05) is 23.7 Å². The molecule has 0 bridgehead atoms. The summed E-state index contributed by atoms with van der Waals surface area (Å²) in [6.07, 6.45) is 0. The lowest BCUT2D eigenvalue weighted by molar-refractivity contribution is -0.133. The van der Waals surface area contributed by atoms with Crippen molar-refractivity contribution < 1.29 is 14.7 Å². The van der Waals surface area contributed by atoms with Crippen molar-refractivity contribution in [1.82, 2.24) is 0 Å². The Bertz CT molecular complexity index is 704. The Morgan fingerprint density at radius 3 is 2.38 bits per heavy atom. The van der Waals surface area contributed by atoms with Gasteiger partial charge in [-0.2, -0.15) is 0 Å². The third-order valence-corrected chi connectivity index (χ3v) is 2.94. The van der Waals surface area contributed by atoms with Crippen molar-refractivity contribution in [2.24, 2.45) is 0 Å². The first kappa shape index (κ1) is 14.7. The molecule has 0 radical (unpaired) electrons. The van der Waals surface area contributed by atoms with Gasteiger partial charge in [0.25, 0.3) is 0 Å². The van der Waals surface area contributed by atoms with Crippen LogP contribution in [0.3, 0.4) is 0 Å². The average molecular weight is 306 g/mol. The normalized spacial score (nSPS) is 9.95. The van der Waals surface area contributed by atoms with Crippen LogP contribution in [0, 0.1) is 0 Å².